The van der Waals surface area contributed by atoms with Crippen LogP contribution in [0, 0.1) is 11.8 Å². The molecule has 1 saturated carbocycles. The topological polar surface area (TPSA) is 77.9 Å². The summed E-state index contributed by atoms with van der Waals surface area (Å²) >= 11 is 0. The molecule has 0 aromatic carbocycles. The first-order valence-corrected chi connectivity index (χ1v) is 9.72. The molecule has 0 aromatic rings. The van der Waals surface area contributed by atoms with Gasteiger partial charge < -0.3 is 14.9 Å². The van der Waals surface area contributed by atoms with E-state index in [9.17, 15) is 14.4 Å². The number of carboxylic acid groups (broad SMARTS) is 1. The first kappa shape index (κ1) is 19.7. The van der Waals surface area contributed by atoms with Gasteiger partial charge in [-0.15, -0.1) is 0 Å². The minimum atomic E-state index is -0.780. The van der Waals surface area contributed by atoms with Gasteiger partial charge >= 0.3 is 5.97 Å². The number of hydrogen-bond acceptors (Lipinski definition) is 3. The molecule has 1 aliphatic carbocycles. The molecule has 1 heterocycles. The van der Waals surface area contributed by atoms with Gasteiger partial charge in [-0.2, -0.15) is 0 Å². The summed E-state index contributed by atoms with van der Waals surface area (Å²) in [4.78, 5) is 38.7. The molecule has 0 spiro atoms. The van der Waals surface area contributed by atoms with E-state index < -0.39 is 5.97 Å². The molecule has 6 nitrogen and oxygen atoms in total. The number of piperidine rings is 1. The average molecular weight is 352 g/mol. The lowest BCUT2D eigenvalue weighted by Crippen LogP contribution is -2.45. The molecular weight excluding hydrogens is 320 g/mol. The Morgan fingerprint density at radius 2 is 1.68 bits per heavy atom. The molecule has 1 saturated heterocycles. The second kappa shape index (κ2) is 9.78. The predicted octanol–water partition coefficient (Wildman–Crippen LogP) is 2.52. The van der Waals surface area contributed by atoms with E-state index >= 15 is 0 Å². The van der Waals surface area contributed by atoms with Gasteiger partial charge in [0.1, 0.15) is 0 Å². The second-order valence-corrected chi connectivity index (χ2v) is 7.64. The highest BCUT2D eigenvalue weighted by Crippen LogP contribution is 2.27. The van der Waals surface area contributed by atoms with Gasteiger partial charge in [0.15, 0.2) is 0 Å². The Balaban J connectivity index is 1.64. The zero-order valence-corrected chi connectivity index (χ0v) is 15.4. The van der Waals surface area contributed by atoms with Crippen LogP contribution in [0.5, 0.6) is 0 Å². The molecular formula is C19H32N2O4. The number of aliphatic carboxylic acids is 1. The summed E-state index contributed by atoms with van der Waals surface area (Å²) in [5.74, 6) is -0.388. The van der Waals surface area contributed by atoms with Crippen LogP contribution in [-0.2, 0) is 14.4 Å². The molecule has 142 valence electrons. The zero-order chi connectivity index (χ0) is 18.2. The van der Waals surface area contributed by atoms with E-state index in [0.717, 1.165) is 18.8 Å². The van der Waals surface area contributed by atoms with E-state index in [1.807, 2.05) is 0 Å². The largest absolute Gasteiger partial charge is 0.481 e. The van der Waals surface area contributed by atoms with Crippen LogP contribution in [0.25, 0.3) is 0 Å². The molecule has 0 bridgehead atoms. The van der Waals surface area contributed by atoms with E-state index in [0.29, 0.717) is 32.4 Å². The minimum Gasteiger partial charge on any atom is -0.481 e. The molecule has 1 aliphatic heterocycles. The maximum atomic E-state index is 12.3. The summed E-state index contributed by atoms with van der Waals surface area (Å²) in [7, 11) is 1.69. The first-order valence-electron chi connectivity index (χ1n) is 9.72. The van der Waals surface area contributed by atoms with Crippen molar-refractivity contribution in [2.75, 3.05) is 26.7 Å². The van der Waals surface area contributed by atoms with E-state index in [2.05, 4.69) is 0 Å². The summed E-state index contributed by atoms with van der Waals surface area (Å²) < 4.78 is 0. The first-order chi connectivity index (χ1) is 12.0. The highest BCUT2D eigenvalue weighted by Gasteiger charge is 2.27. The SMILES string of the molecule is CN(CC(=O)N1CCC(C(=O)O)CC1)C(=O)CCCC1CCCCC1. The quantitative estimate of drug-likeness (QED) is 0.764. The molecule has 2 fully saturated rings. The Morgan fingerprint density at radius 1 is 1.04 bits per heavy atom. The summed E-state index contributed by atoms with van der Waals surface area (Å²) in [6.07, 6.45) is 10.1. The third-order valence-electron chi connectivity index (χ3n) is 5.72. The van der Waals surface area contributed by atoms with Gasteiger partial charge in [0.2, 0.25) is 11.8 Å². The van der Waals surface area contributed by atoms with E-state index in [-0.39, 0.29) is 24.3 Å². The zero-order valence-electron chi connectivity index (χ0n) is 15.4. The summed E-state index contributed by atoms with van der Waals surface area (Å²) in [5, 5.41) is 9.00. The monoisotopic (exact) mass is 352 g/mol. The van der Waals surface area contributed by atoms with Gasteiger partial charge in [-0.1, -0.05) is 32.1 Å². The van der Waals surface area contributed by atoms with Crippen LogP contribution >= 0.6 is 0 Å². The fourth-order valence-corrected chi connectivity index (χ4v) is 3.98. The maximum absolute atomic E-state index is 12.3. The summed E-state index contributed by atoms with van der Waals surface area (Å²) in [6.45, 7) is 1.04. The van der Waals surface area contributed by atoms with Crippen LogP contribution < -0.4 is 0 Å². The fraction of sp³-hybridized carbons (Fsp3) is 0.842. The molecule has 0 unspecified atom stereocenters. The Labute approximate surface area is 150 Å². The van der Waals surface area contributed by atoms with Crippen molar-refractivity contribution in [3.05, 3.63) is 0 Å². The molecule has 2 aliphatic rings. The number of rotatable bonds is 7. The van der Waals surface area contributed by atoms with Crippen molar-refractivity contribution in [2.45, 2.75) is 64.2 Å². The number of carbonyl (C=O) groups excluding carboxylic acids is 2. The number of nitrogens with zero attached hydrogens (tertiary/aromatic N) is 2. The van der Waals surface area contributed by atoms with Crippen molar-refractivity contribution in [1.82, 2.24) is 9.80 Å². The lowest BCUT2D eigenvalue weighted by atomic mass is 9.86. The Bertz CT molecular complexity index is 466. The van der Waals surface area contributed by atoms with Crippen molar-refractivity contribution >= 4 is 17.8 Å². The summed E-state index contributed by atoms with van der Waals surface area (Å²) in [6, 6.07) is 0. The van der Waals surface area contributed by atoms with Crippen molar-refractivity contribution in [2.24, 2.45) is 11.8 Å². The molecule has 0 radical (unpaired) electrons. The summed E-state index contributed by atoms with van der Waals surface area (Å²) in [5.41, 5.74) is 0. The van der Waals surface area contributed by atoms with Crippen LogP contribution in [0.1, 0.15) is 64.2 Å². The highest BCUT2D eigenvalue weighted by atomic mass is 16.4. The lowest BCUT2D eigenvalue weighted by Gasteiger charge is -2.31. The average Bonchev–Trinajstić information content (AvgIpc) is 2.62. The van der Waals surface area contributed by atoms with E-state index in [1.165, 1.54) is 37.0 Å². The predicted molar refractivity (Wildman–Crippen MR) is 95.0 cm³/mol. The van der Waals surface area contributed by atoms with Crippen LogP contribution in [0.4, 0.5) is 0 Å². The van der Waals surface area contributed by atoms with Crippen molar-refractivity contribution in [3.63, 3.8) is 0 Å². The molecule has 1 N–H and O–H groups in total. The third kappa shape index (κ3) is 6.33. The second-order valence-electron chi connectivity index (χ2n) is 7.64. The molecule has 2 amide bonds. The number of carboxylic acids is 1. The smallest absolute Gasteiger partial charge is 0.306 e. The molecule has 6 heteroatoms. The van der Waals surface area contributed by atoms with Gasteiger partial charge in [-0.25, -0.2) is 0 Å². The maximum Gasteiger partial charge on any atom is 0.306 e. The van der Waals surface area contributed by atoms with Gasteiger partial charge in [-0.05, 0) is 31.6 Å². The van der Waals surface area contributed by atoms with Crippen LogP contribution in [0.15, 0.2) is 0 Å². The van der Waals surface area contributed by atoms with Crippen LogP contribution in [0.2, 0.25) is 0 Å². The van der Waals surface area contributed by atoms with Gasteiger partial charge in [0.05, 0.1) is 12.5 Å². The standard InChI is InChI=1S/C19H32N2O4/c1-20(17(22)9-5-8-15-6-3-2-4-7-15)14-18(23)21-12-10-16(11-13-21)19(24)25/h15-16H,2-14H2,1H3,(H,24,25). The Morgan fingerprint density at radius 3 is 2.28 bits per heavy atom. The normalized spacial score (nSPS) is 19.6. The van der Waals surface area contributed by atoms with Crippen LogP contribution in [0.3, 0.4) is 0 Å². The van der Waals surface area contributed by atoms with E-state index in [4.69, 9.17) is 5.11 Å². The van der Waals surface area contributed by atoms with Crippen molar-refractivity contribution in [1.29, 1.82) is 0 Å². The van der Waals surface area contributed by atoms with Gasteiger partial charge in [-0.3, -0.25) is 14.4 Å². The molecule has 2 rings (SSSR count). The minimum absolute atomic E-state index is 0.0320. The van der Waals surface area contributed by atoms with Crippen molar-refractivity contribution in [3.8, 4) is 0 Å². The molecule has 25 heavy (non-hydrogen) atoms. The highest BCUT2D eigenvalue weighted by molar-refractivity contribution is 5.84. The number of likely N-dealkylation sites (N-methyl/N-ethyl adjacent to an activating group) is 1. The number of hydrogen-bond donors (Lipinski definition) is 1. The number of likely N-dealkylation sites (tertiary alicyclic amines) is 1. The third-order valence-corrected chi connectivity index (χ3v) is 5.72. The molecule has 0 atom stereocenters. The van der Waals surface area contributed by atoms with Gasteiger partial charge in [0, 0.05) is 26.6 Å². The number of carbonyl (C=O) groups is 3. The molecule has 0 aromatic heterocycles. The van der Waals surface area contributed by atoms with Crippen molar-refractivity contribution < 1.29 is 19.5 Å². The Hall–Kier alpha value is -1.59. The van der Waals surface area contributed by atoms with Gasteiger partial charge in [0.25, 0.3) is 0 Å². The number of amides is 2. The van der Waals surface area contributed by atoms with Crippen LogP contribution in [-0.4, -0.2) is 59.4 Å². The van der Waals surface area contributed by atoms with E-state index in [1.54, 1.807) is 11.9 Å². The lowest BCUT2D eigenvalue weighted by molar-refractivity contribution is -0.146. The Kier molecular flexibility index (Phi) is 7.72. The fourth-order valence-electron chi connectivity index (χ4n) is 3.98.